The van der Waals surface area contributed by atoms with Crippen molar-refractivity contribution < 1.29 is 14.2 Å². The maximum atomic E-state index is 6.44. The lowest BCUT2D eigenvalue weighted by Gasteiger charge is -2.39. The van der Waals surface area contributed by atoms with Crippen molar-refractivity contribution in [3.8, 4) is 11.5 Å². The van der Waals surface area contributed by atoms with Crippen LogP contribution in [-0.4, -0.2) is 18.8 Å². The van der Waals surface area contributed by atoms with Crippen LogP contribution < -0.4 is 9.47 Å². The van der Waals surface area contributed by atoms with Crippen LogP contribution in [0.2, 0.25) is 10.0 Å². The van der Waals surface area contributed by atoms with Crippen molar-refractivity contribution in [3.63, 3.8) is 0 Å². The van der Waals surface area contributed by atoms with E-state index in [0.29, 0.717) is 22.4 Å². The Balaban J connectivity index is 1.79. The third-order valence-electron chi connectivity index (χ3n) is 5.70. The summed E-state index contributed by atoms with van der Waals surface area (Å²) in [5, 5.41) is 1.08. The van der Waals surface area contributed by atoms with Gasteiger partial charge < -0.3 is 14.2 Å². The maximum Gasteiger partial charge on any atom is 0.138 e. The van der Waals surface area contributed by atoms with Gasteiger partial charge in [-0.25, -0.2) is 0 Å². The van der Waals surface area contributed by atoms with Crippen molar-refractivity contribution >= 4 is 23.2 Å². The Labute approximate surface area is 201 Å². The number of halogens is 2. The van der Waals surface area contributed by atoms with Crippen LogP contribution in [0.3, 0.4) is 0 Å². The van der Waals surface area contributed by atoms with Crippen LogP contribution in [0.15, 0.2) is 72.8 Å². The fourth-order valence-electron chi connectivity index (χ4n) is 3.83. The van der Waals surface area contributed by atoms with Gasteiger partial charge in [-0.05, 0) is 68.7 Å². The minimum absolute atomic E-state index is 0.0647. The lowest BCUT2D eigenvalue weighted by molar-refractivity contribution is -0.0622. The molecule has 2 atom stereocenters. The second-order valence-electron chi connectivity index (χ2n) is 8.44. The molecule has 5 heteroatoms. The zero-order valence-corrected chi connectivity index (χ0v) is 20.5. The molecule has 0 N–H and O–H groups in total. The van der Waals surface area contributed by atoms with E-state index in [-0.39, 0.29) is 12.0 Å². The first-order valence-corrected chi connectivity index (χ1v) is 11.5. The minimum atomic E-state index is -0.549. The van der Waals surface area contributed by atoms with Crippen molar-refractivity contribution in [3.05, 3.63) is 94.0 Å². The lowest BCUT2D eigenvalue weighted by atomic mass is 9.81. The Morgan fingerprint density at radius 3 is 2.19 bits per heavy atom. The molecule has 0 saturated carbocycles. The number of ether oxygens (including phenoxy) is 3. The van der Waals surface area contributed by atoms with Gasteiger partial charge in [0.25, 0.3) is 0 Å². The van der Waals surface area contributed by atoms with Gasteiger partial charge in [0.05, 0.1) is 24.8 Å². The first-order chi connectivity index (χ1) is 15.3. The molecule has 0 heterocycles. The predicted octanol–water partition coefficient (Wildman–Crippen LogP) is 7.62. The molecule has 32 heavy (non-hydrogen) atoms. The number of hydrogen-bond donors (Lipinski definition) is 0. The second kappa shape index (κ2) is 11.1. The summed E-state index contributed by atoms with van der Waals surface area (Å²) in [5.74, 6) is 1.51. The van der Waals surface area contributed by atoms with Crippen LogP contribution in [0.4, 0.5) is 0 Å². The van der Waals surface area contributed by atoms with E-state index in [1.165, 1.54) is 5.56 Å². The molecule has 0 amide bonds. The van der Waals surface area contributed by atoms with Crippen LogP contribution >= 0.6 is 23.2 Å². The monoisotopic (exact) mass is 472 g/mol. The molecular formula is C27H30Cl2O3. The zero-order valence-electron chi connectivity index (χ0n) is 19.0. The van der Waals surface area contributed by atoms with Crippen molar-refractivity contribution in [2.24, 2.45) is 5.92 Å². The topological polar surface area (TPSA) is 27.7 Å². The Morgan fingerprint density at radius 2 is 1.56 bits per heavy atom. The van der Waals surface area contributed by atoms with Gasteiger partial charge in [-0.2, -0.15) is 0 Å². The lowest BCUT2D eigenvalue weighted by Crippen LogP contribution is -2.45. The zero-order chi connectivity index (χ0) is 23.1. The normalized spacial score (nSPS) is 13.4. The SMILES string of the molecule is COc1ccc(COC(C)[C@H](Cc2ccccc2)C(C)(C)Oc2ccc(Cl)cc2Cl)cc1. The van der Waals surface area contributed by atoms with Gasteiger partial charge in [0, 0.05) is 10.9 Å². The molecule has 0 aromatic heterocycles. The average molecular weight is 473 g/mol. The fourth-order valence-corrected chi connectivity index (χ4v) is 4.27. The standard InChI is InChI=1S/C27H30Cl2O3/c1-19(31-18-21-10-13-23(30-4)14-11-21)24(16-20-8-6-5-7-9-20)27(2,3)32-26-15-12-22(28)17-25(26)29/h5-15,17,19,24H,16,18H2,1-4H3/t19?,24-/m0/s1. The van der Waals surface area contributed by atoms with Gasteiger partial charge in [0.15, 0.2) is 0 Å². The summed E-state index contributed by atoms with van der Waals surface area (Å²) < 4.78 is 18.0. The number of methoxy groups -OCH3 is 1. The van der Waals surface area contributed by atoms with Crippen LogP contribution in [0, 0.1) is 5.92 Å². The van der Waals surface area contributed by atoms with Crippen LogP contribution in [0.1, 0.15) is 31.9 Å². The molecule has 0 aliphatic heterocycles. The van der Waals surface area contributed by atoms with Gasteiger partial charge in [0.2, 0.25) is 0 Å². The highest BCUT2D eigenvalue weighted by Gasteiger charge is 2.37. The molecule has 3 nitrogen and oxygen atoms in total. The minimum Gasteiger partial charge on any atom is -0.497 e. The number of benzene rings is 3. The third kappa shape index (κ3) is 6.65. The Kier molecular flexibility index (Phi) is 8.47. The van der Waals surface area contributed by atoms with Gasteiger partial charge in [0.1, 0.15) is 17.1 Å². The molecule has 3 rings (SSSR count). The van der Waals surface area contributed by atoms with E-state index in [1.54, 1.807) is 19.2 Å². The average Bonchev–Trinajstić information content (AvgIpc) is 2.78. The molecule has 0 bridgehead atoms. The summed E-state index contributed by atoms with van der Waals surface area (Å²) in [6.45, 7) is 6.78. The van der Waals surface area contributed by atoms with E-state index in [2.05, 4.69) is 45.0 Å². The molecule has 0 spiro atoms. The van der Waals surface area contributed by atoms with E-state index in [0.717, 1.165) is 17.7 Å². The highest BCUT2D eigenvalue weighted by atomic mass is 35.5. The summed E-state index contributed by atoms with van der Waals surface area (Å²) in [6.07, 6.45) is 0.737. The van der Waals surface area contributed by atoms with Crippen LogP contribution in [0.25, 0.3) is 0 Å². The summed E-state index contributed by atoms with van der Waals surface area (Å²) in [4.78, 5) is 0. The van der Waals surface area contributed by atoms with Crippen molar-refractivity contribution in [1.82, 2.24) is 0 Å². The van der Waals surface area contributed by atoms with E-state index >= 15 is 0 Å². The second-order valence-corrected chi connectivity index (χ2v) is 9.28. The van der Waals surface area contributed by atoms with E-state index in [4.69, 9.17) is 37.4 Å². The van der Waals surface area contributed by atoms with E-state index in [9.17, 15) is 0 Å². The molecule has 3 aromatic carbocycles. The summed E-state index contributed by atoms with van der Waals surface area (Å²) in [6, 6.07) is 23.6. The molecule has 0 aliphatic rings. The maximum absolute atomic E-state index is 6.44. The molecule has 0 fully saturated rings. The predicted molar refractivity (Wildman–Crippen MR) is 132 cm³/mol. The Hall–Kier alpha value is -2.20. The van der Waals surface area contributed by atoms with E-state index < -0.39 is 5.60 Å². The number of rotatable bonds is 10. The molecule has 0 aliphatic carbocycles. The quantitative estimate of drug-likeness (QED) is 0.303. The van der Waals surface area contributed by atoms with Gasteiger partial charge in [-0.1, -0.05) is 65.7 Å². The summed E-state index contributed by atoms with van der Waals surface area (Å²) in [7, 11) is 1.66. The van der Waals surface area contributed by atoms with Gasteiger partial charge in [-0.15, -0.1) is 0 Å². The molecule has 0 radical (unpaired) electrons. The van der Waals surface area contributed by atoms with Crippen LogP contribution in [0.5, 0.6) is 11.5 Å². The summed E-state index contributed by atoms with van der Waals surface area (Å²) >= 11 is 12.5. The molecular weight excluding hydrogens is 443 g/mol. The smallest absolute Gasteiger partial charge is 0.138 e. The Morgan fingerprint density at radius 1 is 0.875 bits per heavy atom. The molecule has 170 valence electrons. The Bertz CT molecular complexity index is 988. The number of hydrogen-bond acceptors (Lipinski definition) is 3. The van der Waals surface area contributed by atoms with Gasteiger partial charge >= 0.3 is 0 Å². The highest BCUT2D eigenvalue weighted by molar-refractivity contribution is 6.35. The molecule has 1 unspecified atom stereocenters. The third-order valence-corrected chi connectivity index (χ3v) is 6.23. The largest absolute Gasteiger partial charge is 0.497 e. The highest BCUT2D eigenvalue weighted by Crippen LogP contribution is 2.36. The van der Waals surface area contributed by atoms with Crippen molar-refractivity contribution in [1.29, 1.82) is 0 Å². The van der Waals surface area contributed by atoms with E-state index in [1.807, 2.05) is 36.4 Å². The first-order valence-electron chi connectivity index (χ1n) is 10.7. The first kappa shape index (κ1) is 24.4. The van der Waals surface area contributed by atoms with Crippen molar-refractivity contribution in [2.45, 2.75) is 45.5 Å². The fraction of sp³-hybridized carbons (Fsp3) is 0.333. The molecule has 3 aromatic rings. The van der Waals surface area contributed by atoms with Crippen LogP contribution in [-0.2, 0) is 17.8 Å². The van der Waals surface area contributed by atoms with Crippen molar-refractivity contribution in [2.75, 3.05) is 7.11 Å². The summed E-state index contributed by atoms with van der Waals surface area (Å²) in [5.41, 5.74) is 1.78. The molecule has 0 saturated heterocycles. The van der Waals surface area contributed by atoms with Gasteiger partial charge in [-0.3, -0.25) is 0 Å².